The molecule has 0 radical (unpaired) electrons. The number of alkyl halides is 1. The monoisotopic (exact) mass is 205 g/mol. The molecule has 0 aromatic carbocycles. The van der Waals surface area contributed by atoms with E-state index in [1.54, 1.807) is 0 Å². The van der Waals surface area contributed by atoms with E-state index in [9.17, 15) is 4.79 Å². The van der Waals surface area contributed by atoms with Gasteiger partial charge in [0, 0.05) is 18.5 Å². The molecule has 76 valence electrons. The Morgan fingerprint density at radius 3 is 3.00 bits per heavy atom. The first-order chi connectivity index (χ1) is 6.27. The minimum Gasteiger partial charge on any atom is -0.381 e. The SMILES string of the molecule is CCC(CCl)NC(=O)C1CCOC1. The van der Waals surface area contributed by atoms with Crippen LogP contribution in [0.5, 0.6) is 0 Å². The second kappa shape index (κ2) is 5.45. The summed E-state index contributed by atoms with van der Waals surface area (Å²) in [6.45, 7) is 3.28. The van der Waals surface area contributed by atoms with Gasteiger partial charge in [-0.1, -0.05) is 6.92 Å². The van der Waals surface area contributed by atoms with Gasteiger partial charge in [0.25, 0.3) is 0 Å². The molecule has 1 saturated heterocycles. The van der Waals surface area contributed by atoms with Gasteiger partial charge in [-0.2, -0.15) is 0 Å². The number of hydrogen-bond acceptors (Lipinski definition) is 2. The normalized spacial score (nSPS) is 24.3. The molecule has 2 atom stereocenters. The Labute approximate surface area is 83.8 Å². The zero-order chi connectivity index (χ0) is 9.68. The minimum atomic E-state index is 0.0391. The Kier molecular flexibility index (Phi) is 4.53. The second-order valence-corrected chi connectivity index (χ2v) is 3.64. The van der Waals surface area contributed by atoms with Crippen LogP contribution in [0.25, 0.3) is 0 Å². The van der Waals surface area contributed by atoms with Gasteiger partial charge in [0.15, 0.2) is 0 Å². The van der Waals surface area contributed by atoms with Crippen LogP contribution < -0.4 is 5.32 Å². The third kappa shape index (κ3) is 3.16. The van der Waals surface area contributed by atoms with Crippen LogP contribution in [0.1, 0.15) is 19.8 Å². The van der Waals surface area contributed by atoms with Crippen LogP contribution >= 0.6 is 11.6 Å². The maximum absolute atomic E-state index is 11.5. The first-order valence-corrected chi connectivity index (χ1v) is 5.25. The van der Waals surface area contributed by atoms with Crippen molar-refractivity contribution in [1.82, 2.24) is 5.32 Å². The molecule has 1 aliphatic rings. The van der Waals surface area contributed by atoms with E-state index in [4.69, 9.17) is 16.3 Å². The highest BCUT2D eigenvalue weighted by atomic mass is 35.5. The first-order valence-electron chi connectivity index (χ1n) is 4.72. The largest absolute Gasteiger partial charge is 0.381 e. The molecule has 0 saturated carbocycles. The van der Waals surface area contributed by atoms with Gasteiger partial charge in [-0.3, -0.25) is 4.79 Å². The van der Waals surface area contributed by atoms with E-state index >= 15 is 0 Å². The van der Waals surface area contributed by atoms with E-state index in [1.807, 2.05) is 6.92 Å². The number of carbonyl (C=O) groups is 1. The molecule has 0 bridgehead atoms. The van der Waals surface area contributed by atoms with Crippen molar-refractivity contribution in [3.8, 4) is 0 Å². The summed E-state index contributed by atoms with van der Waals surface area (Å²) >= 11 is 5.67. The lowest BCUT2D eigenvalue weighted by Gasteiger charge is -2.16. The number of nitrogens with one attached hydrogen (secondary N) is 1. The summed E-state index contributed by atoms with van der Waals surface area (Å²) in [6, 6.07) is 0.106. The Balaban J connectivity index is 2.30. The number of ether oxygens (including phenoxy) is 1. The molecular formula is C9H16ClNO2. The topological polar surface area (TPSA) is 38.3 Å². The van der Waals surface area contributed by atoms with Crippen molar-refractivity contribution in [3.05, 3.63) is 0 Å². The van der Waals surface area contributed by atoms with E-state index in [0.29, 0.717) is 19.1 Å². The maximum Gasteiger partial charge on any atom is 0.225 e. The summed E-state index contributed by atoms with van der Waals surface area (Å²) in [5.41, 5.74) is 0. The van der Waals surface area contributed by atoms with Crippen molar-refractivity contribution in [2.24, 2.45) is 5.92 Å². The zero-order valence-electron chi connectivity index (χ0n) is 7.88. The summed E-state index contributed by atoms with van der Waals surface area (Å²) in [6.07, 6.45) is 1.72. The molecular weight excluding hydrogens is 190 g/mol. The highest BCUT2D eigenvalue weighted by Gasteiger charge is 2.24. The van der Waals surface area contributed by atoms with E-state index in [1.165, 1.54) is 0 Å². The predicted octanol–water partition coefficient (Wildman–Crippen LogP) is 1.16. The number of rotatable bonds is 4. The number of hydrogen-bond donors (Lipinski definition) is 1. The minimum absolute atomic E-state index is 0.0391. The fourth-order valence-corrected chi connectivity index (χ4v) is 1.61. The van der Waals surface area contributed by atoms with Crippen molar-refractivity contribution in [3.63, 3.8) is 0 Å². The van der Waals surface area contributed by atoms with Crippen molar-refractivity contribution in [2.45, 2.75) is 25.8 Å². The Morgan fingerprint density at radius 2 is 2.54 bits per heavy atom. The number of amides is 1. The molecule has 4 heteroatoms. The summed E-state index contributed by atoms with van der Waals surface area (Å²) in [4.78, 5) is 11.5. The molecule has 0 aromatic heterocycles. The van der Waals surface area contributed by atoms with Gasteiger partial charge in [0.1, 0.15) is 0 Å². The first kappa shape index (κ1) is 10.8. The zero-order valence-corrected chi connectivity index (χ0v) is 8.64. The molecule has 0 aromatic rings. The highest BCUT2D eigenvalue weighted by molar-refractivity contribution is 6.18. The fraction of sp³-hybridized carbons (Fsp3) is 0.889. The molecule has 1 heterocycles. The summed E-state index contributed by atoms with van der Waals surface area (Å²) in [5.74, 6) is 0.609. The lowest BCUT2D eigenvalue weighted by atomic mass is 10.1. The van der Waals surface area contributed by atoms with Gasteiger partial charge in [-0.05, 0) is 12.8 Å². The summed E-state index contributed by atoms with van der Waals surface area (Å²) in [7, 11) is 0. The van der Waals surface area contributed by atoms with Crippen LogP contribution in [0.2, 0.25) is 0 Å². The van der Waals surface area contributed by atoms with Crippen molar-refractivity contribution in [1.29, 1.82) is 0 Å². The molecule has 1 amide bonds. The third-order valence-corrected chi connectivity index (χ3v) is 2.70. The van der Waals surface area contributed by atoms with Crippen molar-refractivity contribution < 1.29 is 9.53 Å². The Morgan fingerprint density at radius 1 is 1.77 bits per heavy atom. The van der Waals surface area contributed by atoms with Crippen LogP contribution in [0.4, 0.5) is 0 Å². The average molecular weight is 206 g/mol. The van der Waals surface area contributed by atoms with Gasteiger partial charge in [-0.25, -0.2) is 0 Å². The highest BCUT2D eigenvalue weighted by Crippen LogP contribution is 2.12. The second-order valence-electron chi connectivity index (χ2n) is 3.33. The molecule has 2 unspecified atom stereocenters. The average Bonchev–Trinajstić information content (AvgIpc) is 2.66. The lowest BCUT2D eigenvalue weighted by Crippen LogP contribution is -2.39. The van der Waals surface area contributed by atoms with Gasteiger partial charge in [-0.15, -0.1) is 11.6 Å². The fourth-order valence-electron chi connectivity index (χ4n) is 1.31. The maximum atomic E-state index is 11.5. The standard InChI is InChI=1S/C9H16ClNO2/c1-2-8(5-10)11-9(12)7-3-4-13-6-7/h7-8H,2-6H2,1H3,(H,11,12). The predicted molar refractivity (Wildman–Crippen MR) is 51.9 cm³/mol. The Bertz CT molecular complexity index is 165. The summed E-state index contributed by atoms with van der Waals surface area (Å²) in [5, 5.41) is 2.91. The van der Waals surface area contributed by atoms with Crippen molar-refractivity contribution >= 4 is 17.5 Å². The van der Waals surface area contributed by atoms with Crippen LogP contribution in [-0.2, 0) is 9.53 Å². The van der Waals surface area contributed by atoms with Crippen LogP contribution in [0, 0.1) is 5.92 Å². The lowest BCUT2D eigenvalue weighted by molar-refractivity contribution is -0.125. The molecule has 13 heavy (non-hydrogen) atoms. The van der Waals surface area contributed by atoms with Crippen molar-refractivity contribution in [2.75, 3.05) is 19.1 Å². The van der Waals surface area contributed by atoms with Crippen LogP contribution in [0.3, 0.4) is 0 Å². The quantitative estimate of drug-likeness (QED) is 0.700. The molecule has 1 N–H and O–H groups in total. The van der Waals surface area contributed by atoms with Crippen LogP contribution in [0.15, 0.2) is 0 Å². The number of carbonyl (C=O) groups excluding carboxylic acids is 1. The number of halogens is 1. The van der Waals surface area contributed by atoms with Gasteiger partial charge in [0.05, 0.1) is 12.5 Å². The van der Waals surface area contributed by atoms with Gasteiger partial charge >= 0.3 is 0 Å². The molecule has 1 rings (SSSR count). The molecule has 0 aliphatic carbocycles. The summed E-state index contributed by atoms with van der Waals surface area (Å²) < 4.78 is 5.13. The molecule has 3 nitrogen and oxygen atoms in total. The van der Waals surface area contributed by atoms with Gasteiger partial charge in [0.2, 0.25) is 5.91 Å². The third-order valence-electron chi connectivity index (χ3n) is 2.33. The molecule has 1 aliphatic heterocycles. The van der Waals surface area contributed by atoms with E-state index < -0.39 is 0 Å². The van der Waals surface area contributed by atoms with E-state index in [0.717, 1.165) is 12.8 Å². The smallest absolute Gasteiger partial charge is 0.225 e. The van der Waals surface area contributed by atoms with Gasteiger partial charge < -0.3 is 10.1 Å². The van der Waals surface area contributed by atoms with E-state index in [-0.39, 0.29) is 17.9 Å². The van der Waals surface area contributed by atoms with E-state index in [2.05, 4.69) is 5.32 Å². The molecule has 1 fully saturated rings. The Hall–Kier alpha value is -0.280. The molecule has 0 spiro atoms. The van der Waals surface area contributed by atoms with Crippen LogP contribution in [-0.4, -0.2) is 31.0 Å².